The summed E-state index contributed by atoms with van der Waals surface area (Å²) in [5.41, 5.74) is 1.03. The minimum Gasteiger partial charge on any atom is -0.351 e. The molecule has 0 spiro atoms. The third kappa shape index (κ3) is 5.70. The number of hydrogen-bond acceptors (Lipinski definition) is 4. The van der Waals surface area contributed by atoms with E-state index in [1.165, 1.54) is 31.2 Å². The fourth-order valence-corrected chi connectivity index (χ4v) is 3.09. The van der Waals surface area contributed by atoms with Gasteiger partial charge in [0.2, 0.25) is 15.9 Å². The quantitative estimate of drug-likeness (QED) is 0.648. The van der Waals surface area contributed by atoms with Crippen molar-refractivity contribution in [2.75, 3.05) is 18.4 Å². The van der Waals surface area contributed by atoms with Gasteiger partial charge in [-0.3, -0.25) is 9.59 Å². The highest BCUT2D eigenvalue weighted by molar-refractivity contribution is 7.89. The summed E-state index contributed by atoms with van der Waals surface area (Å²) in [5.74, 6) is -0.498. The molecule has 0 unspecified atom stereocenters. The molecule has 2 aromatic carbocycles. The van der Waals surface area contributed by atoms with Crippen LogP contribution in [-0.2, 0) is 14.8 Å². The Labute approximate surface area is 146 Å². The molecule has 2 amide bonds. The van der Waals surface area contributed by atoms with Gasteiger partial charge in [0.15, 0.2) is 0 Å². The molecule has 0 saturated carbocycles. The number of sulfonamides is 1. The molecule has 0 atom stereocenters. The highest BCUT2D eigenvalue weighted by Crippen LogP contribution is 2.13. The molecule has 0 aliphatic rings. The lowest BCUT2D eigenvalue weighted by Crippen LogP contribution is -2.34. The van der Waals surface area contributed by atoms with Gasteiger partial charge in [-0.1, -0.05) is 18.2 Å². The van der Waals surface area contributed by atoms with Crippen LogP contribution in [0.1, 0.15) is 17.3 Å². The molecule has 25 heavy (non-hydrogen) atoms. The van der Waals surface area contributed by atoms with Gasteiger partial charge >= 0.3 is 0 Å². The monoisotopic (exact) mass is 361 g/mol. The van der Waals surface area contributed by atoms with E-state index in [1.807, 2.05) is 6.07 Å². The molecule has 0 aliphatic heterocycles. The second kappa shape index (κ2) is 8.41. The summed E-state index contributed by atoms with van der Waals surface area (Å²) in [5, 5.41) is 5.20. The Morgan fingerprint density at radius 3 is 2.16 bits per heavy atom. The van der Waals surface area contributed by atoms with Gasteiger partial charge in [0.1, 0.15) is 0 Å². The molecule has 0 fully saturated rings. The fraction of sp³-hybridized carbons (Fsp3) is 0.176. The summed E-state index contributed by atoms with van der Waals surface area (Å²) in [4.78, 5) is 22.9. The highest BCUT2D eigenvalue weighted by atomic mass is 32.2. The van der Waals surface area contributed by atoms with Crippen LogP contribution in [0.15, 0.2) is 59.5 Å². The van der Waals surface area contributed by atoms with Crippen molar-refractivity contribution in [3.63, 3.8) is 0 Å². The third-order valence-corrected chi connectivity index (χ3v) is 4.70. The lowest BCUT2D eigenvalue weighted by atomic mass is 10.2. The summed E-state index contributed by atoms with van der Waals surface area (Å²) in [6.45, 7) is 1.60. The Balaban J connectivity index is 1.85. The van der Waals surface area contributed by atoms with Crippen LogP contribution in [0.3, 0.4) is 0 Å². The van der Waals surface area contributed by atoms with E-state index in [0.29, 0.717) is 11.3 Å². The van der Waals surface area contributed by atoms with E-state index in [0.717, 1.165) is 0 Å². The Hall–Kier alpha value is -2.71. The Kier molecular flexibility index (Phi) is 6.26. The van der Waals surface area contributed by atoms with Crippen molar-refractivity contribution in [3.05, 3.63) is 60.2 Å². The maximum Gasteiger partial charge on any atom is 0.251 e. The molecule has 0 heterocycles. The topological polar surface area (TPSA) is 104 Å². The molecule has 8 heteroatoms. The summed E-state index contributed by atoms with van der Waals surface area (Å²) in [6.07, 6.45) is 0. The lowest BCUT2D eigenvalue weighted by Gasteiger charge is -2.09. The van der Waals surface area contributed by atoms with Crippen molar-refractivity contribution >= 4 is 27.5 Å². The van der Waals surface area contributed by atoms with Crippen LogP contribution in [-0.4, -0.2) is 33.3 Å². The number of carbonyl (C=O) groups excluding carboxylic acids is 2. The van der Waals surface area contributed by atoms with Gasteiger partial charge in [-0.15, -0.1) is 0 Å². The summed E-state index contributed by atoms with van der Waals surface area (Å²) in [6, 6.07) is 14.5. The van der Waals surface area contributed by atoms with Crippen LogP contribution in [0.25, 0.3) is 0 Å². The van der Waals surface area contributed by atoms with Gasteiger partial charge in [-0.25, -0.2) is 13.1 Å². The first kappa shape index (κ1) is 18.6. The molecule has 0 radical (unpaired) electrons. The predicted molar refractivity (Wildman–Crippen MR) is 94.7 cm³/mol. The van der Waals surface area contributed by atoms with E-state index >= 15 is 0 Å². The maximum absolute atomic E-state index is 12.2. The molecule has 2 rings (SSSR count). The zero-order chi connectivity index (χ0) is 18.3. The van der Waals surface area contributed by atoms with E-state index in [9.17, 15) is 18.0 Å². The predicted octanol–water partition coefficient (Wildman–Crippen LogP) is 1.35. The zero-order valence-electron chi connectivity index (χ0n) is 13.7. The van der Waals surface area contributed by atoms with Crippen molar-refractivity contribution in [1.82, 2.24) is 10.0 Å². The highest BCUT2D eigenvalue weighted by Gasteiger charge is 2.13. The maximum atomic E-state index is 12.2. The number of hydrogen-bond donors (Lipinski definition) is 3. The van der Waals surface area contributed by atoms with E-state index in [4.69, 9.17) is 0 Å². The van der Waals surface area contributed by atoms with Gasteiger partial charge in [-0.2, -0.15) is 0 Å². The number of anilines is 1. The first-order valence-electron chi connectivity index (χ1n) is 7.59. The second-order valence-electron chi connectivity index (χ2n) is 5.23. The summed E-state index contributed by atoms with van der Waals surface area (Å²) < 4.78 is 26.8. The number of carbonyl (C=O) groups is 2. The molecule has 0 aliphatic carbocycles. The van der Waals surface area contributed by atoms with Crippen LogP contribution in [0.5, 0.6) is 0 Å². The van der Waals surface area contributed by atoms with Crippen LogP contribution in [0.2, 0.25) is 0 Å². The minimum atomic E-state index is -3.68. The van der Waals surface area contributed by atoms with E-state index < -0.39 is 10.0 Å². The van der Waals surface area contributed by atoms with E-state index in [2.05, 4.69) is 15.4 Å². The van der Waals surface area contributed by atoms with Gasteiger partial charge < -0.3 is 10.6 Å². The van der Waals surface area contributed by atoms with E-state index in [1.54, 1.807) is 24.3 Å². The number of benzene rings is 2. The molecule has 3 N–H and O–H groups in total. The second-order valence-corrected chi connectivity index (χ2v) is 6.99. The molecular weight excluding hydrogens is 342 g/mol. The van der Waals surface area contributed by atoms with Crippen molar-refractivity contribution in [2.45, 2.75) is 11.8 Å². The average Bonchev–Trinajstić information content (AvgIpc) is 2.59. The molecule has 7 nitrogen and oxygen atoms in total. The van der Waals surface area contributed by atoms with Gasteiger partial charge in [0, 0.05) is 31.3 Å². The van der Waals surface area contributed by atoms with Crippen LogP contribution in [0, 0.1) is 0 Å². The van der Waals surface area contributed by atoms with Crippen LogP contribution >= 0.6 is 0 Å². The first-order valence-corrected chi connectivity index (χ1v) is 9.07. The lowest BCUT2D eigenvalue weighted by molar-refractivity contribution is -0.114. The smallest absolute Gasteiger partial charge is 0.251 e. The summed E-state index contributed by atoms with van der Waals surface area (Å²) in [7, 11) is -3.68. The molecule has 2 aromatic rings. The number of amides is 2. The SMILES string of the molecule is CC(=O)Nc1ccc(S(=O)(=O)NCCNC(=O)c2ccccc2)cc1. The van der Waals surface area contributed by atoms with E-state index in [-0.39, 0.29) is 29.8 Å². The van der Waals surface area contributed by atoms with Crippen LogP contribution in [0.4, 0.5) is 5.69 Å². The third-order valence-electron chi connectivity index (χ3n) is 3.22. The normalized spacial score (nSPS) is 10.9. The van der Waals surface area contributed by atoms with Gasteiger partial charge in [0.05, 0.1) is 4.90 Å². The minimum absolute atomic E-state index is 0.0638. The Bertz CT molecular complexity index is 834. The molecule has 132 valence electrons. The van der Waals surface area contributed by atoms with Gasteiger partial charge in [-0.05, 0) is 36.4 Å². The molecular formula is C17H19N3O4S. The fourth-order valence-electron chi connectivity index (χ4n) is 2.06. The average molecular weight is 361 g/mol. The van der Waals surface area contributed by atoms with Crippen molar-refractivity contribution in [3.8, 4) is 0 Å². The Morgan fingerprint density at radius 2 is 1.56 bits per heavy atom. The zero-order valence-corrected chi connectivity index (χ0v) is 14.5. The summed E-state index contributed by atoms with van der Waals surface area (Å²) >= 11 is 0. The number of rotatable bonds is 7. The molecule has 0 saturated heterocycles. The van der Waals surface area contributed by atoms with Crippen molar-refractivity contribution in [1.29, 1.82) is 0 Å². The Morgan fingerprint density at radius 1 is 0.920 bits per heavy atom. The molecule has 0 bridgehead atoms. The van der Waals surface area contributed by atoms with Crippen molar-refractivity contribution in [2.24, 2.45) is 0 Å². The van der Waals surface area contributed by atoms with Gasteiger partial charge in [0.25, 0.3) is 5.91 Å². The number of nitrogens with one attached hydrogen (secondary N) is 3. The standard InChI is InChI=1S/C17H19N3O4S/c1-13(21)20-15-7-9-16(10-8-15)25(23,24)19-12-11-18-17(22)14-5-3-2-4-6-14/h2-10,19H,11-12H2,1H3,(H,18,22)(H,20,21). The molecule has 0 aromatic heterocycles. The van der Waals surface area contributed by atoms with Crippen LogP contribution < -0.4 is 15.4 Å². The largest absolute Gasteiger partial charge is 0.351 e. The first-order chi connectivity index (χ1) is 11.9. The van der Waals surface area contributed by atoms with Crippen molar-refractivity contribution < 1.29 is 18.0 Å².